The minimum Gasteiger partial charge on any atom is -0.490 e. The van der Waals surface area contributed by atoms with Crippen molar-refractivity contribution in [2.45, 2.75) is 59.2 Å². The molecule has 2 rings (SSSR count). The molecule has 2 aromatic carbocycles. The third-order valence-corrected chi connectivity index (χ3v) is 7.03. The number of benzene rings is 2. The number of ether oxygens (including phenoxy) is 4. The molecule has 0 radical (unpaired) electrons. The maximum absolute atomic E-state index is 11.8. The Labute approximate surface area is 254 Å². The first-order chi connectivity index (χ1) is 19.1. The summed E-state index contributed by atoms with van der Waals surface area (Å²) in [6, 6.07) is 10.8. The summed E-state index contributed by atoms with van der Waals surface area (Å²) in [6.45, 7) is 8.87. The van der Waals surface area contributed by atoms with E-state index in [1.165, 1.54) is 27.7 Å². The zero-order valence-corrected chi connectivity index (χ0v) is 26.1. The van der Waals surface area contributed by atoms with E-state index >= 15 is 0 Å². The third-order valence-electron chi connectivity index (χ3n) is 6.13. The number of hydrogen-bond acceptors (Lipinski definition) is 8. The number of carbonyl (C=O) groups excluding carboxylic acids is 4. The number of halogens is 3. The molecule has 2 aromatic rings. The minimum absolute atomic E-state index is 0.00737. The number of rotatable bonds is 13. The second-order valence-electron chi connectivity index (χ2n) is 9.81. The third kappa shape index (κ3) is 10.1. The van der Waals surface area contributed by atoms with Crippen LogP contribution in [-0.4, -0.2) is 66.5 Å². The van der Waals surface area contributed by atoms with Crippen LogP contribution >= 0.6 is 34.8 Å². The zero-order valence-electron chi connectivity index (χ0n) is 23.8. The fourth-order valence-electron chi connectivity index (χ4n) is 3.94. The fourth-order valence-corrected chi connectivity index (χ4v) is 4.69. The molecule has 0 saturated heterocycles. The molecule has 0 N–H and O–H groups in total. The molecule has 0 saturated carbocycles. The minimum atomic E-state index is -0.838. The van der Waals surface area contributed by atoms with E-state index in [-0.39, 0.29) is 31.4 Å². The van der Waals surface area contributed by atoms with Crippen molar-refractivity contribution in [3.63, 3.8) is 0 Å². The van der Waals surface area contributed by atoms with Crippen molar-refractivity contribution in [3.8, 4) is 11.5 Å². The van der Waals surface area contributed by atoms with Crippen LogP contribution in [0, 0.1) is 0 Å². The van der Waals surface area contributed by atoms with Crippen LogP contribution in [0.25, 0.3) is 0 Å². The Morgan fingerprint density at radius 3 is 1.73 bits per heavy atom. The van der Waals surface area contributed by atoms with Gasteiger partial charge in [0.1, 0.15) is 25.1 Å². The van der Waals surface area contributed by atoms with Gasteiger partial charge in [-0.25, -0.2) is 0 Å². The van der Waals surface area contributed by atoms with Crippen molar-refractivity contribution in [3.05, 3.63) is 57.6 Å². The van der Waals surface area contributed by atoms with Crippen LogP contribution in [0.3, 0.4) is 0 Å². The number of esters is 2. The Balaban J connectivity index is 2.16. The van der Waals surface area contributed by atoms with Gasteiger partial charge >= 0.3 is 11.9 Å². The summed E-state index contributed by atoms with van der Waals surface area (Å²) in [5.41, 5.74) is 1.23. The first kappa shape index (κ1) is 34.2. The van der Waals surface area contributed by atoms with Gasteiger partial charge in [-0.05, 0) is 35.4 Å². The fraction of sp³-hybridized carbons (Fsp3) is 0.448. The molecule has 2 unspecified atom stereocenters. The number of nitrogens with zero attached hydrogens (tertiary/aromatic N) is 1. The second-order valence-corrected chi connectivity index (χ2v) is 10.9. The van der Waals surface area contributed by atoms with Gasteiger partial charge in [0.25, 0.3) is 0 Å². The molecule has 0 aliphatic carbocycles. The first-order valence-corrected chi connectivity index (χ1v) is 14.0. The number of hydrogen-bond donors (Lipinski definition) is 0. The second kappa shape index (κ2) is 15.3. The van der Waals surface area contributed by atoms with Gasteiger partial charge in [-0.1, -0.05) is 49.2 Å². The number of imide groups is 1. The Morgan fingerprint density at radius 1 is 0.780 bits per heavy atom. The average molecular weight is 631 g/mol. The van der Waals surface area contributed by atoms with E-state index < -0.39 is 41.4 Å². The highest BCUT2D eigenvalue weighted by Gasteiger charge is 2.27. The lowest BCUT2D eigenvalue weighted by Crippen LogP contribution is -2.43. The smallest absolute Gasteiger partial charge is 0.303 e. The summed E-state index contributed by atoms with van der Waals surface area (Å²) in [5, 5.41) is 0.580. The van der Waals surface area contributed by atoms with Crippen molar-refractivity contribution in [2.24, 2.45) is 0 Å². The van der Waals surface area contributed by atoms with Crippen LogP contribution < -0.4 is 9.47 Å². The SMILES string of the molecule is CC(=O)OC(CCl)COc1c(Cl)cc(C(C)(C)c2ccc(OCC(CN(C(C)=O)C(C)=O)OC(C)=O)cc2)cc1Cl. The summed E-state index contributed by atoms with van der Waals surface area (Å²) in [4.78, 5) is 47.3. The van der Waals surface area contributed by atoms with Crippen LogP contribution in [0.15, 0.2) is 36.4 Å². The molecule has 12 heteroatoms. The first-order valence-electron chi connectivity index (χ1n) is 12.7. The Kier molecular flexibility index (Phi) is 12.7. The van der Waals surface area contributed by atoms with Crippen molar-refractivity contribution >= 4 is 58.6 Å². The van der Waals surface area contributed by atoms with Crippen molar-refractivity contribution in [1.82, 2.24) is 4.90 Å². The zero-order chi connectivity index (χ0) is 30.9. The molecule has 0 heterocycles. The van der Waals surface area contributed by atoms with Gasteiger partial charge in [-0.3, -0.25) is 24.1 Å². The predicted molar refractivity (Wildman–Crippen MR) is 156 cm³/mol. The lowest BCUT2D eigenvalue weighted by Gasteiger charge is -2.28. The van der Waals surface area contributed by atoms with Gasteiger partial charge in [-0.15, -0.1) is 11.6 Å². The van der Waals surface area contributed by atoms with E-state index in [1.54, 1.807) is 24.3 Å². The van der Waals surface area contributed by atoms with Crippen molar-refractivity contribution in [2.75, 3.05) is 25.6 Å². The van der Waals surface area contributed by atoms with E-state index in [4.69, 9.17) is 53.8 Å². The summed E-state index contributed by atoms with van der Waals surface area (Å²) in [7, 11) is 0. The topological polar surface area (TPSA) is 108 Å². The lowest BCUT2D eigenvalue weighted by molar-refractivity contribution is -0.154. The maximum Gasteiger partial charge on any atom is 0.303 e. The molecule has 2 atom stereocenters. The van der Waals surface area contributed by atoms with E-state index in [0.717, 1.165) is 16.0 Å². The number of alkyl halides is 1. The summed E-state index contributed by atoms with van der Waals surface area (Å²) in [5.74, 6) is -1.12. The predicted octanol–water partition coefficient (Wildman–Crippen LogP) is 5.57. The van der Waals surface area contributed by atoms with Gasteiger partial charge in [-0.2, -0.15) is 0 Å². The maximum atomic E-state index is 11.8. The Morgan fingerprint density at radius 2 is 1.27 bits per heavy atom. The van der Waals surface area contributed by atoms with Gasteiger partial charge in [0, 0.05) is 33.1 Å². The molecule has 0 aromatic heterocycles. The van der Waals surface area contributed by atoms with E-state index in [9.17, 15) is 19.2 Å². The van der Waals surface area contributed by atoms with E-state index in [2.05, 4.69) is 0 Å². The molecule has 41 heavy (non-hydrogen) atoms. The van der Waals surface area contributed by atoms with Gasteiger partial charge in [0.2, 0.25) is 11.8 Å². The number of amides is 2. The molecule has 224 valence electrons. The lowest BCUT2D eigenvalue weighted by atomic mass is 9.78. The summed E-state index contributed by atoms with van der Waals surface area (Å²) in [6.07, 6.45) is -1.49. The molecular weight excluding hydrogens is 597 g/mol. The monoisotopic (exact) mass is 629 g/mol. The molecule has 0 bridgehead atoms. The molecule has 9 nitrogen and oxygen atoms in total. The van der Waals surface area contributed by atoms with Crippen molar-refractivity contribution in [1.29, 1.82) is 0 Å². The number of carbonyl (C=O) groups is 4. The Bertz CT molecular complexity index is 1210. The molecule has 0 aliphatic heterocycles. The largest absolute Gasteiger partial charge is 0.490 e. The summed E-state index contributed by atoms with van der Waals surface area (Å²) < 4.78 is 21.9. The van der Waals surface area contributed by atoms with Crippen LogP contribution in [0.2, 0.25) is 10.0 Å². The van der Waals surface area contributed by atoms with E-state index in [1.807, 2.05) is 26.0 Å². The molecule has 0 spiro atoms. The summed E-state index contributed by atoms with van der Waals surface area (Å²) >= 11 is 18.9. The van der Waals surface area contributed by atoms with Crippen LogP contribution in [0.5, 0.6) is 11.5 Å². The average Bonchev–Trinajstić information content (AvgIpc) is 2.88. The van der Waals surface area contributed by atoms with E-state index in [0.29, 0.717) is 15.8 Å². The highest BCUT2D eigenvalue weighted by Crippen LogP contribution is 2.40. The van der Waals surface area contributed by atoms with Gasteiger partial charge in [0.15, 0.2) is 11.9 Å². The van der Waals surface area contributed by atoms with Crippen molar-refractivity contribution < 1.29 is 38.1 Å². The van der Waals surface area contributed by atoms with Crippen LogP contribution in [-0.2, 0) is 34.1 Å². The molecule has 2 amide bonds. The van der Waals surface area contributed by atoms with Gasteiger partial charge < -0.3 is 18.9 Å². The Hall–Kier alpha value is -3.01. The highest BCUT2D eigenvalue weighted by atomic mass is 35.5. The molecule has 0 aliphatic rings. The molecule has 0 fully saturated rings. The molecular formula is C29H34Cl3NO8. The van der Waals surface area contributed by atoms with Gasteiger partial charge in [0.05, 0.1) is 22.5 Å². The normalized spacial score (nSPS) is 12.6. The van der Waals surface area contributed by atoms with Crippen LogP contribution in [0.4, 0.5) is 0 Å². The standard InChI is InChI=1S/C29H34Cl3NO8/c1-17(34)33(18(2)35)14-25(41-20(4)37)16-38-23-9-7-21(8-10-23)29(5,6)22-11-26(31)28(27(32)12-22)39-15-24(13-30)40-19(3)36/h7-12,24-25H,13-16H2,1-6H3. The quantitative estimate of drug-likeness (QED) is 0.209. The highest BCUT2D eigenvalue weighted by molar-refractivity contribution is 6.37. The van der Waals surface area contributed by atoms with Crippen LogP contribution in [0.1, 0.15) is 52.7 Å².